The second kappa shape index (κ2) is 7.11. The molecule has 2 unspecified atom stereocenters. The molecule has 0 fully saturated rings. The SMILES string of the molecule is CC(CC(O)(O)C1C=C(O)C=CC1=NP(=O)(O)O)c1ccc(O)cc1. The van der Waals surface area contributed by atoms with E-state index in [-0.39, 0.29) is 29.6 Å². The summed E-state index contributed by atoms with van der Waals surface area (Å²) >= 11 is 0. The van der Waals surface area contributed by atoms with Crippen LogP contribution in [-0.2, 0) is 4.57 Å². The minimum absolute atomic E-state index is 0.0801. The highest BCUT2D eigenvalue weighted by atomic mass is 31.2. The summed E-state index contributed by atoms with van der Waals surface area (Å²) in [6, 6.07) is 6.21. The van der Waals surface area contributed by atoms with E-state index < -0.39 is 19.5 Å². The van der Waals surface area contributed by atoms with E-state index in [0.29, 0.717) is 0 Å². The maximum absolute atomic E-state index is 11.1. The van der Waals surface area contributed by atoms with Crippen LogP contribution in [0.4, 0.5) is 0 Å². The first-order chi connectivity index (χ1) is 11.5. The Morgan fingerprint density at radius 3 is 2.32 bits per heavy atom. The van der Waals surface area contributed by atoms with Crippen LogP contribution in [0.2, 0.25) is 0 Å². The van der Waals surface area contributed by atoms with E-state index in [9.17, 15) is 25.0 Å². The quantitative estimate of drug-likeness (QED) is 0.342. The van der Waals surface area contributed by atoms with Crippen molar-refractivity contribution in [3.8, 4) is 5.75 Å². The van der Waals surface area contributed by atoms with E-state index >= 15 is 0 Å². The van der Waals surface area contributed by atoms with Gasteiger partial charge in [0.1, 0.15) is 11.5 Å². The second-order valence-electron chi connectivity index (χ2n) is 6.02. The average molecular weight is 369 g/mol. The summed E-state index contributed by atoms with van der Waals surface area (Å²) in [5.74, 6) is -4.27. The Bertz CT molecular complexity index is 761. The molecule has 0 aromatic heterocycles. The molecular formula is C16H20NO7P. The van der Waals surface area contributed by atoms with Crippen LogP contribution in [0.1, 0.15) is 24.8 Å². The number of aliphatic hydroxyl groups is 3. The lowest BCUT2D eigenvalue weighted by Crippen LogP contribution is -2.42. The van der Waals surface area contributed by atoms with Crippen LogP contribution in [0.15, 0.2) is 53.0 Å². The van der Waals surface area contributed by atoms with Gasteiger partial charge in [0.2, 0.25) is 0 Å². The topological polar surface area (TPSA) is 151 Å². The first kappa shape index (κ1) is 19.4. The summed E-state index contributed by atoms with van der Waals surface area (Å²) < 4.78 is 14.4. The van der Waals surface area contributed by atoms with Gasteiger partial charge in [-0.15, -0.1) is 0 Å². The van der Waals surface area contributed by atoms with Gasteiger partial charge in [-0.25, -0.2) is 4.57 Å². The first-order valence-corrected chi connectivity index (χ1v) is 9.02. The van der Waals surface area contributed by atoms with Crippen molar-refractivity contribution in [3.05, 3.63) is 53.8 Å². The predicted molar refractivity (Wildman–Crippen MR) is 91.1 cm³/mol. The first-order valence-electron chi connectivity index (χ1n) is 7.46. The van der Waals surface area contributed by atoms with E-state index in [4.69, 9.17) is 9.79 Å². The molecule has 2 rings (SSSR count). The van der Waals surface area contributed by atoms with Crippen molar-refractivity contribution in [2.45, 2.75) is 25.0 Å². The van der Waals surface area contributed by atoms with E-state index in [1.807, 2.05) is 0 Å². The molecular weight excluding hydrogens is 349 g/mol. The van der Waals surface area contributed by atoms with Crippen LogP contribution >= 0.6 is 7.75 Å². The molecule has 25 heavy (non-hydrogen) atoms. The molecule has 0 heterocycles. The molecule has 6 N–H and O–H groups in total. The van der Waals surface area contributed by atoms with Crippen molar-refractivity contribution >= 4 is 13.5 Å². The summed E-state index contributed by atoms with van der Waals surface area (Å²) in [6.07, 6.45) is 3.17. The van der Waals surface area contributed by atoms with Crippen molar-refractivity contribution in [1.29, 1.82) is 0 Å². The third-order valence-corrected chi connectivity index (χ3v) is 4.38. The van der Waals surface area contributed by atoms with Gasteiger partial charge in [-0.3, -0.25) is 0 Å². The number of nitrogens with zero attached hydrogens (tertiary/aromatic N) is 1. The highest BCUT2D eigenvalue weighted by Crippen LogP contribution is 2.40. The molecule has 9 heteroatoms. The Kier molecular flexibility index (Phi) is 5.51. The molecule has 8 nitrogen and oxygen atoms in total. The monoisotopic (exact) mass is 369 g/mol. The van der Waals surface area contributed by atoms with Crippen molar-refractivity contribution in [3.63, 3.8) is 0 Å². The lowest BCUT2D eigenvalue weighted by atomic mass is 9.82. The summed E-state index contributed by atoms with van der Waals surface area (Å²) in [4.78, 5) is 18.0. The lowest BCUT2D eigenvalue weighted by Gasteiger charge is -2.33. The summed E-state index contributed by atoms with van der Waals surface area (Å²) in [7, 11) is -4.78. The zero-order chi connectivity index (χ0) is 18.8. The molecule has 0 bridgehead atoms. The Balaban J connectivity index is 2.28. The normalized spacial score (nSPS) is 21.2. The van der Waals surface area contributed by atoms with Crippen molar-refractivity contribution in [2.75, 3.05) is 0 Å². The van der Waals surface area contributed by atoms with E-state index in [1.54, 1.807) is 19.1 Å². The summed E-state index contributed by atoms with van der Waals surface area (Å²) in [5, 5.41) is 39.9. The van der Waals surface area contributed by atoms with Crippen LogP contribution in [0, 0.1) is 5.92 Å². The fourth-order valence-electron chi connectivity index (χ4n) is 2.70. The maximum atomic E-state index is 11.1. The molecule has 1 aromatic rings. The molecule has 0 spiro atoms. The zero-order valence-electron chi connectivity index (χ0n) is 13.4. The molecule has 0 aliphatic heterocycles. The Morgan fingerprint density at radius 1 is 1.16 bits per heavy atom. The minimum Gasteiger partial charge on any atom is -0.508 e. The molecule has 1 aliphatic rings. The van der Waals surface area contributed by atoms with Crippen molar-refractivity contribution in [2.24, 2.45) is 10.7 Å². The van der Waals surface area contributed by atoms with Gasteiger partial charge in [0.15, 0.2) is 5.79 Å². The highest BCUT2D eigenvalue weighted by molar-refractivity contribution is 7.50. The average Bonchev–Trinajstić information content (AvgIpc) is 2.48. The van der Waals surface area contributed by atoms with Gasteiger partial charge in [-0.1, -0.05) is 19.1 Å². The Morgan fingerprint density at radius 2 is 1.76 bits per heavy atom. The third kappa shape index (κ3) is 5.26. The number of hydrogen-bond acceptors (Lipinski definition) is 5. The van der Waals surface area contributed by atoms with Crippen LogP contribution in [0.5, 0.6) is 5.75 Å². The minimum atomic E-state index is -4.78. The standard InChI is InChI=1S/C16H20NO7P/c1-10(11-2-4-12(18)5-3-11)9-16(20,21)14-8-13(19)6-7-15(14)17-25(22,23)24/h2-8,10,14,18-21H,9H2,1H3,(H2,22,23,24). The van der Waals surface area contributed by atoms with Gasteiger partial charge < -0.3 is 30.2 Å². The summed E-state index contributed by atoms with van der Waals surface area (Å²) in [6.45, 7) is 1.73. The molecule has 2 atom stereocenters. The molecule has 1 aromatic carbocycles. The van der Waals surface area contributed by atoms with Crippen LogP contribution in [-0.4, -0.2) is 41.7 Å². The van der Waals surface area contributed by atoms with Crippen LogP contribution in [0.3, 0.4) is 0 Å². The second-order valence-corrected chi connectivity index (χ2v) is 7.24. The molecule has 0 amide bonds. The number of aromatic hydroxyl groups is 1. The van der Waals surface area contributed by atoms with Gasteiger partial charge in [0.25, 0.3) is 0 Å². The smallest absolute Gasteiger partial charge is 0.448 e. The lowest BCUT2D eigenvalue weighted by molar-refractivity contribution is -0.181. The molecule has 0 saturated carbocycles. The van der Waals surface area contributed by atoms with Gasteiger partial charge in [-0.05, 0) is 41.8 Å². The molecule has 0 radical (unpaired) electrons. The largest absolute Gasteiger partial charge is 0.508 e. The van der Waals surface area contributed by atoms with Gasteiger partial charge >= 0.3 is 7.75 Å². The van der Waals surface area contributed by atoms with E-state index in [0.717, 1.165) is 23.8 Å². The fourth-order valence-corrected chi connectivity index (χ4v) is 3.19. The van der Waals surface area contributed by atoms with Crippen molar-refractivity contribution in [1.82, 2.24) is 0 Å². The predicted octanol–water partition coefficient (Wildman–Crippen LogP) is 1.73. The number of rotatable bonds is 5. The summed E-state index contributed by atoms with van der Waals surface area (Å²) in [5.41, 5.74) is 0.493. The third-order valence-electron chi connectivity index (χ3n) is 3.89. The van der Waals surface area contributed by atoms with Gasteiger partial charge in [0.05, 0.1) is 11.6 Å². The number of hydrogen-bond donors (Lipinski definition) is 6. The van der Waals surface area contributed by atoms with Crippen LogP contribution < -0.4 is 0 Å². The van der Waals surface area contributed by atoms with Gasteiger partial charge in [-0.2, -0.15) is 4.76 Å². The van der Waals surface area contributed by atoms with Crippen molar-refractivity contribution < 1.29 is 34.8 Å². The number of allylic oxidation sites excluding steroid dienone is 2. The maximum Gasteiger partial charge on any atom is 0.448 e. The fraction of sp³-hybridized carbons (Fsp3) is 0.312. The number of phenolic OH excluding ortho intramolecular Hbond substituents is 1. The Labute approximate surface area is 144 Å². The molecule has 0 saturated heterocycles. The van der Waals surface area contributed by atoms with Gasteiger partial charge in [0, 0.05) is 6.42 Å². The van der Waals surface area contributed by atoms with E-state index in [2.05, 4.69) is 4.76 Å². The number of benzene rings is 1. The van der Waals surface area contributed by atoms with Crippen LogP contribution in [0.25, 0.3) is 0 Å². The zero-order valence-corrected chi connectivity index (χ0v) is 14.3. The van der Waals surface area contributed by atoms with E-state index in [1.165, 1.54) is 12.1 Å². The number of phenols is 1. The number of aliphatic hydroxyl groups excluding tert-OH is 1. The highest BCUT2D eigenvalue weighted by Gasteiger charge is 2.39. The Hall–Kier alpha value is -1.96. The molecule has 1 aliphatic carbocycles. The molecule has 136 valence electrons.